The first-order chi connectivity index (χ1) is 16.1. The number of rotatable bonds is 9. The zero-order valence-corrected chi connectivity index (χ0v) is 20.2. The predicted octanol–water partition coefficient (Wildman–Crippen LogP) is 4.38. The van der Waals surface area contributed by atoms with Crippen LogP contribution in [0.25, 0.3) is 10.9 Å². The van der Waals surface area contributed by atoms with Gasteiger partial charge in [0.05, 0.1) is 32.3 Å². The van der Waals surface area contributed by atoms with E-state index in [1.807, 2.05) is 19.1 Å². The van der Waals surface area contributed by atoms with Crippen molar-refractivity contribution in [1.29, 1.82) is 0 Å². The van der Waals surface area contributed by atoms with Gasteiger partial charge in [-0.05, 0) is 54.3 Å². The molecule has 1 N–H and O–H groups in total. The number of carbonyl (C=O) groups excluding carboxylic acids is 1. The molecule has 1 atom stereocenters. The van der Waals surface area contributed by atoms with Gasteiger partial charge in [-0.3, -0.25) is 4.79 Å². The number of anilines is 1. The number of esters is 1. The zero-order chi connectivity index (χ0) is 23.2. The van der Waals surface area contributed by atoms with Crippen LogP contribution in [0.3, 0.4) is 0 Å². The highest BCUT2D eigenvalue weighted by atomic mass is 32.1. The van der Waals surface area contributed by atoms with Gasteiger partial charge in [0.1, 0.15) is 5.82 Å². The number of ether oxygens (including phenoxy) is 3. The fourth-order valence-corrected chi connectivity index (χ4v) is 4.96. The first kappa shape index (κ1) is 23.3. The van der Waals surface area contributed by atoms with E-state index < -0.39 is 0 Å². The van der Waals surface area contributed by atoms with Gasteiger partial charge in [0.2, 0.25) is 0 Å². The molecular weight excluding hydrogens is 438 g/mol. The average molecular weight is 470 g/mol. The first-order valence-corrected chi connectivity index (χ1v) is 12.3. The second-order valence-electron chi connectivity index (χ2n) is 8.14. The summed E-state index contributed by atoms with van der Waals surface area (Å²) < 4.78 is 16.3. The van der Waals surface area contributed by atoms with Crippen molar-refractivity contribution in [2.24, 2.45) is 5.92 Å². The van der Waals surface area contributed by atoms with Crippen molar-refractivity contribution in [3.63, 3.8) is 0 Å². The highest BCUT2D eigenvalue weighted by Gasteiger charge is 2.29. The standard InChI is InChI=1S/C25H31N3O4S/c1-4-32-25(29)18-6-5-8-28(15-18)24-20(14-26-13-17-7-9-33-16-17)10-19-11-22(30-2)23(31-3)12-21(19)27-24/h7,9-12,16,18,26H,4-6,8,13-15H2,1-3H3. The lowest BCUT2D eigenvalue weighted by Gasteiger charge is -2.34. The number of nitrogens with zero attached hydrogens (tertiary/aromatic N) is 2. The van der Waals surface area contributed by atoms with Gasteiger partial charge in [-0.25, -0.2) is 4.98 Å². The highest BCUT2D eigenvalue weighted by Crippen LogP contribution is 2.35. The summed E-state index contributed by atoms with van der Waals surface area (Å²) in [4.78, 5) is 19.7. The van der Waals surface area contributed by atoms with Crippen LogP contribution in [-0.2, 0) is 22.6 Å². The maximum atomic E-state index is 12.4. The van der Waals surface area contributed by atoms with Crippen molar-refractivity contribution < 1.29 is 19.0 Å². The summed E-state index contributed by atoms with van der Waals surface area (Å²) in [6.45, 7) is 5.19. The largest absolute Gasteiger partial charge is 0.493 e. The van der Waals surface area contributed by atoms with Crippen LogP contribution in [0, 0.1) is 5.92 Å². The Morgan fingerprint density at radius 2 is 2.03 bits per heavy atom. The number of nitrogens with one attached hydrogen (secondary N) is 1. The molecule has 0 aliphatic carbocycles. The molecule has 176 valence electrons. The molecule has 1 saturated heterocycles. The van der Waals surface area contributed by atoms with E-state index in [1.165, 1.54) is 5.56 Å². The second-order valence-corrected chi connectivity index (χ2v) is 8.92. The van der Waals surface area contributed by atoms with Crippen molar-refractivity contribution in [1.82, 2.24) is 10.3 Å². The van der Waals surface area contributed by atoms with Crippen LogP contribution in [0.4, 0.5) is 5.82 Å². The van der Waals surface area contributed by atoms with E-state index in [0.29, 0.717) is 31.2 Å². The lowest BCUT2D eigenvalue weighted by molar-refractivity contribution is -0.148. The van der Waals surface area contributed by atoms with Crippen molar-refractivity contribution in [3.05, 3.63) is 46.2 Å². The Morgan fingerprint density at radius 1 is 1.21 bits per heavy atom. The predicted molar refractivity (Wildman–Crippen MR) is 131 cm³/mol. The van der Waals surface area contributed by atoms with Crippen LogP contribution in [0.5, 0.6) is 11.5 Å². The van der Waals surface area contributed by atoms with Crippen LogP contribution in [0.2, 0.25) is 0 Å². The third-order valence-corrected chi connectivity index (χ3v) is 6.67. The van der Waals surface area contributed by atoms with E-state index in [4.69, 9.17) is 19.2 Å². The number of hydrogen-bond acceptors (Lipinski definition) is 8. The minimum atomic E-state index is -0.131. The number of pyridine rings is 1. The van der Waals surface area contributed by atoms with Gasteiger partial charge in [0, 0.05) is 43.2 Å². The van der Waals surface area contributed by atoms with E-state index in [0.717, 1.165) is 48.2 Å². The number of fused-ring (bicyclic) bond motifs is 1. The Kier molecular flexibility index (Phi) is 7.67. The van der Waals surface area contributed by atoms with Crippen molar-refractivity contribution in [2.75, 3.05) is 38.8 Å². The van der Waals surface area contributed by atoms with E-state index >= 15 is 0 Å². The van der Waals surface area contributed by atoms with Gasteiger partial charge < -0.3 is 24.4 Å². The third kappa shape index (κ3) is 5.39. The van der Waals surface area contributed by atoms with Crippen LogP contribution in [0.1, 0.15) is 30.9 Å². The van der Waals surface area contributed by atoms with Gasteiger partial charge >= 0.3 is 5.97 Å². The molecule has 0 saturated carbocycles. The summed E-state index contributed by atoms with van der Waals surface area (Å²) in [5, 5.41) is 8.77. The Bertz CT molecular complexity index is 1090. The fraction of sp³-hybridized carbons (Fsp3) is 0.440. The number of methoxy groups -OCH3 is 2. The number of carbonyl (C=O) groups is 1. The van der Waals surface area contributed by atoms with Gasteiger partial charge in [0.15, 0.2) is 11.5 Å². The lowest BCUT2D eigenvalue weighted by atomic mass is 9.97. The van der Waals surface area contributed by atoms with Gasteiger partial charge in [-0.15, -0.1) is 0 Å². The smallest absolute Gasteiger partial charge is 0.310 e. The Balaban J connectivity index is 1.67. The van der Waals surface area contributed by atoms with Crippen molar-refractivity contribution in [3.8, 4) is 11.5 Å². The van der Waals surface area contributed by atoms with Crippen LogP contribution in [0.15, 0.2) is 35.0 Å². The quantitative estimate of drug-likeness (QED) is 0.466. The maximum Gasteiger partial charge on any atom is 0.310 e. The van der Waals surface area contributed by atoms with Gasteiger partial charge in [-0.1, -0.05) is 0 Å². The summed E-state index contributed by atoms with van der Waals surface area (Å²) >= 11 is 1.70. The molecule has 7 nitrogen and oxygen atoms in total. The Hall–Kier alpha value is -2.84. The molecule has 8 heteroatoms. The molecule has 1 aromatic carbocycles. The minimum Gasteiger partial charge on any atom is -0.493 e. The second kappa shape index (κ2) is 10.9. The molecular formula is C25H31N3O4S. The Labute approximate surface area is 198 Å². The van der Waals surface area contributed by atoms with E-state index in [-0.39, 0.29) is 11.9 Å². The van der Waals surface area contributed by atoms with E-state index in [9.17, 15) is 4.79 Å². The highest BCUT2D eigenvalue weighted by molar-refractivity contribution is 7.07. The summed E-state index contributed by atoms with van der Waals surface area (Å²) in [6, 6.07) is 8.16. The molecule has 1 aliphatic rings. The molecule has 0 radical (unpaired) electrons. The van der Waals surface area contributed by atoms with Crippen LogP contribution < -0.4 is 19.7 Å². The number of hydrogen-bond donors (Lipinski definition) is 1. The number of aromatic nitrogens is 1. The minimum absolute atomic E-state index is 0.119. The molecule has 33 heavy (non-hydrogen) atoms. The lowest BCUT2D eigenvalue weighted by Crippen LogP contribution is -2.40. The molecule has 4 rings (SSSR count). The van der Waals surface area contributed by atoms with Crippen molar-refractivity contribution >= 4 is 34.0 Å². The SMILES string of the molecule is CCOC(=O)C1CCCN(c2nc3cc(OC)c(OC)cc3cc2CNCc2ccsc2)C1. The van der Waals surface area contributed by atoms with Crippen LogP contribution >= 0.6 is 11.3 Å². The van der Waals surface area contributed by atoms with Gasteiger partial charge in [-0.2, -0.15) is 11.3 Å². The summed E-state index contributed by atoms with van der Waals surface area (Å²) in [5.41, 5.74) is 3.19. The number of piperidine rings is 1. The van der Waals surface area contributed by atoms with Crippen LogP contribution in [-0.4, -0.2) is 44.9 Å². The number of thiophene rings is 1. The molecule has 2 aromatic heterocycles. The summed E-state index contributed by atoms with van der Waals surface area (Å²) in [5.74, 6) is 1.98. The third-order valence-electron chi connectivity index (χ3n) is 5.94. The fourth-order valence-electron chi connectivity index (χ4n) is 4.30. The zero-order valence-electron chi connectivity index (χ0n) is 19.4. The number of benzene rings is 1. The molecule has 0 spiro atoms. The van der Waals surface area contributed by atoms with Gasteiger partial charge in [0.25, 0.3) is 0 Å². The molecule has 3 aromatic rings. The molecule has 1 fully saturated rings. The molecule has 3 heterocycles. The maximum absolute atomic E-state index is 12.4. The molecule has 0 amide bonds. The molecule has 0 bridgehead atoms. The molecule has 1 unspecified atom stereocenters. The van der Waals surface area contributed by atoms with E-state index in [2.05, 4.69) is 33.1 Å². The van der Waals surface area contributed by atoms with E-state index in [1.54, 1.807) is 25.6 Å². The molecule has 1 aliphatic heterocycles. The Morgan fingerprint density at radius 3 is 2.76 bits per heavy atom. The average Bonchev–Trinajstić information content (AvgIpc) is 3.36. The summed E-state index contributed by atoms with van der Waals surface area (Å²) in [7, 11) is 3.26. The first-order valence-electron chi connectivity index (χ1n) is 11.3. The summed E-state index contributed by atoms with van der Waals surface area (Å²) in [6.07, 6.45) is 1.77. The van der Waals surface area contributed by atoms with Crippen molar-refractivity contribution in [2.45, 2.75) is 32.9 Å². The topological polar surface area (TPSA) is 72.9 Å². The monoisotopic (exact) mass is 469 g/mol. The normalized spacial score (nSPS) is 16.1.